The van der Waals surface area contributed by atoms with Crippen LogP contribution in [0.15, 0.2) is 61.1 Å². The molecule has 0 radical (unpaired) electrons. The van der Waals surface area contributed by atoms with Crippen LogP contribution in [0.2, 0.25) is 0 Å². The molecular formula is C24H23N7O. The van der Waals surface area contributed by atoms with Gasteiger partial charge in [-0.3, -0.25) is 4.98 Å². The predicted molar refractivity (Wildman–Crippen MR) is 125 cm³/mol. The highest BCUT2D eigenvalue weighted by atomic mass is 16.5. The maximum Gasteiger partial charge on any atom is 0.148 e. The minimum atomic E-state index is 0.264. The van der Waals surface area contributed by atoms with Crippen LogP contribution >= 0.6 is 0 Å². The Morgan fingerprint density at radius 1 is 1.09 bits per heavy atom. The zero-order valence-corrected chi connectivity index (χ0v) is 17.5. The molecule has 4 aromatic rings. The molecule has 8 nitrogen and oxygen atoms in total. The molecule has 1 atom stereocenters. The number of ether oxygens (including phenoxy) is 1. The average molecular weight is 425 g/mol. The highest BCUT2D eigenvalue weighted by Gasteiger charge is 2.25. The van der Waals surface area contributed by atoms with Crippen molar-refractivity contribution >= 4 is 28.9 Å². The first-order chi connectivity index (χ1) is 15.7. The Hall–Kier alpha value is -3.91. The largest absolute Gasteiger partial charge is 0.383 e. The standard InChI is InChI=1S/C24H23N7O/c25-11-19-23(28-15-29-24(19)26)17-6-7-20-21(10-17)27-12-22(30-20)31(18-8-9-32-14-18)13-16-4-2-1-3-5-16/h1-7,10-12,15,18,25H,8-9,13-14H2,(H2,26,28,29)/t18-/m0/s1. The second kappa shape index (κ2) is 8.68. The van der Waals surface area contributed by atoms with Gasteiger partial charge in [0.05, 0.1) is 41.1 Å². The van der Waals surface area contributed by atoms with Gasteiger partial charge in [0.25, 0.3) is 0 Å². The van der Waals surface area contributed by atoms with Crippen molar-refractivity contribution < 1.29 is 4.74 Å². The molecule has 2 aromatic carbocycles. The fraction of sp³-hybridized carbons (Fsp3) is 0.208. The lowest BCUT2D eigenvalue weighted by Crippen LogP contribution is -2.36. The zero-order chi connectivity index (χ0) is 21.9. The lowest BCUT2D eigenvalue weighted by Gasteiger charge is -2.29. The second-order valence-corrected chi connectivity index (χ2v) is 7.73. The Morgan fingerprint density at radius 2 is 1.97 bits per heavy atom. The Bertz CT molecular complexity index is 1260. The van der Waals surface area contributed by atoms with Gasteiger partial charge < -0.3 is 20.8 Å². The first-order valence-electron chi connectivity index (χ1n) is 10.5. The molecule has 0 amide bonds. The van der Waals surface area contributed by atoms with Crippen LogP contribution < -0.4 is 10.6 Å². The molecule has 160 valence electrons. The number of hydrogen-bond acceptors (Lipinski definition) is 8. The normalized spacial score (nSPS) is 15.7. The van der Waals surface area contributed by atoms with E-state index in [1.807, 2.05) is 30.5 Å². The van der Waals surface area contributed by atoms with Crippen LogP contribution in [0.1, 0.15) is 17.5 Å². The van der Waals surface area contributed by atoms with Crippen LogP contribution in [0.25, 0.3) is 22.3 Å². The number of anilines is 2. The van der Waals surface area contributed by atoms with E-state index < -0.39 is 0 Å². The molecule has 0 bridgehead atoms. The van der Waals surface area contributed by atoms with Gasteiger partial charge in [-0.05, 0) is 24.1 Å². The number of fused-ring (bicyclic) bond motifs is 1. The van der Waals surface area contributed by atoms with Gasteiger partial charge in [-0.15, -0.1) is 0 Å². The van der Waals surface area contributed by atoms with Crippen LogP contribution in [-0.2, 0) is 11.3 Å². The van der Waals surface area contributed by atoms with Crippen molar-refractivity contribution in [3.63, 3.8) is 0 Å². The molecule has 2 aromatic heterocycles. The third-order valence-electron chi connectivity index (χ3n) is 5.70. The van der Waals surface area contributed by atoms with Crippen LogP contribution in [0.3, 0.4) is 0 Å². The summed E-state index contributed by atoms with van der Waals surface area (Å²) in [6, 6.07) is 16.4. The number of nitrogens with one attached hydrogen (secondary N) is 1. The van der Waals surface area contributed by atoms with E-state index in [1.54, 1.807) is 0 Å². The minimum Gasteiger partial charge on any atom is -0.383 e. The number of nitrogen functional groups attached to an aromatic ring is 1. The summed E-state index contributed by atoms with van der Waals surface area (Å²) in [6.07, 6.45) is 5.36. The van der Waals surface area contributed by atoms with Gasteiger partial charge in [-0.25, -0.2) is 15.0 Å². The van der Waals surface area contributed by atoms with Gasteiger partial charge in [0.15, 0.2) is 0 Å². The summed E-state index contributed by atoms with van der Waals surface area (Å²) in [6.45, 7) is 2.20. The SMILES string of the molecule is N=Cc1c(N)ncnc1-c1ccc2nc(N(Cc3ccccc3)[C@H]3CCOC3)cnc2c1. The number of hydrogen-bond donors (Lipinski definition) is 2. The van der Waals surface area contributed by atoms with Crippen molar-refractivity contribution in [2.75, 3.05) is 23.8 Å². The molecule has 0 aliphatic carbocycles. The van der Waals surface area contributed by atoms with Crippen molar-refractivity contribution in [3.8, 4) is 11.3 Å². The molecule has 1 fully saturated rings. The zero-order valence-electron chi connectivity index (χ0n) is 17.5. The van der Waals surface area contributed by atoms with Crippen LogP contribution in [0.5, 0.6) is 0 Å². The number of nitrogens with zero attached hydrogens (tertiary/aromatic N) is 5. The summed E-state index contributed by atoms with van der Waals surface area (Å²) in [5.74, 6) is 1.11. The van der Waals surface area contributed by atoms with Gasteiger partial charge in [0, 0.05) is 24.9 Å². The van der Waals surface area contributed by atoms with Gasteiger partial charge in [-0.1, -0.05) is 36.4 Å². The molecule has 1 saturated heterocycles. The topological polar surface area (TPSA) is 114 Å². The van der Waals surface area contributed by atoms with Crippen LogP contribution in [0, 0.1) is 5.41 Å². The molecule has 0 saturated carbocycles. The maximum atomic E-state index is 7.66. The quantitative estimate of drug-likeness (QED) is 0.455. The highest BCUT2D eigenvalue weighted by Crippen LogP contribution is 2.28. The maximum absolute atomic E-state index is 7.66. The number of nitrogens with two attached hydrogens (primary N) is 1. The second-order valence-electron chi connectivity index (χ2n) is 7.73. The van der Waals surface area contributed by atoms with E-state index in [0.717, 1.165) is 42.0 Å². The molecular weight excluding hydrogens is 402 g/mol. The Labute approximate surface area is 185 Å². The summed E-state index contributed by atoms with van der Waals surface area (Å²) in [7, 11) is 0. The monoisotopic (exact) mass is 425 g/mol. The third kappa shape index (κ3) is 3.88. The van der Waals surface area contributed by atoms with Crippen molar-refractivity contribution in [1.82, 2.24) is 19.9 Å². The first-order valence-corrected chi connectivity index (χ1v) is 10.5. The minimum absolute atomic E-state index is 0.264. The molecule has 3 N–H and O–H groups in total. The Kier molecular flexibility index (Phi) is 5.43. The summed E-state index contributed by atoms with van der Waals surface area (Å²) in [4.78, 5) is 20.2. The highest BCUT2D eigenvalue weighted by molar-refractivity contribution is 5.93. The first kappa shape index (κ1) is 20.0. The molecule has 5 rings (SSSR count). The van der Waals surface area contributed by atoms with Crippen LogP contribution in [-0.4, -0.2) is 45.4 Å². The molecule has 0 spiro atoms. The van der Waals surface area contributed by atoms with Gasteiger partial charge in [-0.2, -0.15) is 0 Å². The van der Waals surface area contributed by atoms with Crippen molar-refractivity contribution in [2.45, 2.75) is 19.0 Å². The molecule has 3 heterocycles. The van der Waals surface area contributed by atoms with Gasteiger partial charge in [0.1, 0.15) is 18.0 Å². The molecule has 32 heavy (non-hydrogen) atoms. The number of aromatic nitrogens is 4. The fourth-order valence-corrected chi connectivity index (χ4v) is 4.01. The van der Waals surface area contributed by atoms with Crippen molar-refractivity contribution in [2.24, 2.45) is 0 Å². The fourth-order valence-electron chi connectivity index (χ4n) is 4.01. The lowest BCUT2D eigenvalue weighted by molar-refractivity contribution is 0.193. The van der Waals surface area contributed by atoms with E-state index in [-0.39, 0.29) is 11.9 Å². The molecule has 0 unspecified atom stereocenters. The Balaban J connectivity index is 1.51. The average Bonchev–Trinajstić information content (AvgIpc) is 3.37. The van der Waals surface area contributed by atoms with Crippen molar-refractivity contribution in [3.05, 3.63) is 72.2 Å². The number of rotatable bonds is 6. The van der Waals surface area contributed by atoms with E-state index in [2.05, 4.69) is 39.1 Å². The van der Waals surface area contributed by atoms with Gasteiger partial charge in [0.2, 0.25) is 0 Å². The van der Waals surface area contributed by atoms with E-state index in [4.69, 9.17) is 25.8 Å². The molecule has 8 heteroatoms. The summed E-state index contributed by atoms with van der Waals surface area (Å²) < 4.78 is 5.65. The van der Waals surface area contributed by atoms with E-state index in [1.165, 1.54) is 18.1 Å². The predicted octanol–water partition coefficient (Wildman–Crippen LogP) is 3.46. The summed E-state index contributed by atoms with van der Waals surface area (Å²) in [5.41, 5.74) is 10.6. The summed E-state index contributed by atoms with van der Waals surface area (Å²) in [5, 5.41) is 7.66. The lowest BCUT2D eigenvalue weighted by atomic mass is 10.1. The molecule has 1 aliphatic heterocycles. The van der Waals surface area contributed by atoms with Crippen molar-refractivity contribution in [1.29, 1.82) is 5.41 Å². The van der Waals surface area contributed by atoms with E-state index >= 15 is 0 Å². The van der Waals surface area contributed by atoms with E-state index in [9.17, 15) is 0 Å². The van der Waals surface area contributed by atoms with Crippen LogP contribution in [0.4, 0.5) is 11.6 Å². The Morgan fingerprint density at radius 3 is 2.75 bits per heavy atom. The smallest absolute Gasteiger partial charge is 0.148 e. The third-order valence-corrected chi connectivity index (χ3v) is 5.70. The van der Waals surface area contributed by atoms with Gasteiger partial charge >= 0.3 is 0 Å². The number of benzene rings is 2. The summed E-state index contributed by atoms with van der Waals surface area (Å²) >= 11 is 0. The molecule has 1 aliphatic rings. The van der Waals surface area contributed by atoms with E-state index in [0.29, 0.717) is 17.9 Å².